The van der Waals surface area contributed by atoms with Crippen molar-refractivity contribution in [3.8, 4) is 5.75 Å². The van der Waals surface area contributed by atoms with E-state index in [9.17, 15) is 9.59 Å². The molecule has 1 rings (SSSR count). The van der Waals surface area contributed by atoms with Gasteiger partial charge in [0.15, 0.2) is 0 Å². The number of amides is 2. The Morgan fingerprint density at radius 3 is 2.57 bits per heavy atom. The first-order valence-electron chi connectivity index (χ1n) is 6.72. The van der Waals surface area contributed by atoms with Crippen molar-refractivity contribution in [1.29, 1.82) is 0 Å². The lowest BCUT2D eigenvalue weighted by Crippen LogP contribution is -2.48. The molecule has 0 saturated heterocycles. The summed E-state index contributed by atoms with van der Waals surface area (Å²) in [5.41, 5.74) is 0.906. The maximum absolute atomic E-state index is 12.0. The first kappa shape index (κ1) is 16.8. The fraction of sp³-hybridized carbons (Fsp3) is 0.467. The summed E-state index contributed by atoms with van der Waals surface area (Å²) in [6.07, 6.45) is 0. The highest BCUT2D eigenvalue weighted by Crippen LogP contribution is 2.14. The number of urea groups is 1. The van der Waals surface area contributed by atoms with Crippen molar-refractivity contribution < 1.29 is 19.4 Å². The van der Waals surface area contributed by atoms with E-state index in [1.807, 2.05) is 24.3 Å². The number of benzene rings is 1. The molecule has 0 bridgehead atoms. The summed E-state index contributed by atoms with van der Waals surface area (Å²) in [5.74, 6) is -0.503. The molecule has 1 aromatic rings. The van der Waals surface area contributed by atoms with Gasteiger partial charge in [0, 0.05) is 13.6 Å². The van der Waals surface area contributed by atoms with E-state index in [1.165, 1.54) is 4.90 Å². The van der Waals surface area contributed by atoms with Crippen LogP contribution < -0.4 is 10.1 Å². The zero-order valence-corrected chi connectivity index (χ0v) is 12.8. The Bertz CT molecular complexity index is 502. The quantitative estimate of drug-likeness (QED) is 0.840. The van der Waals surface area contributed by atoms with Gasteiger partial charge in [-0.25, -0.2) is 9.59 Å². The van der Waals surface area contributed by atoms with Gasteiger partial charge in [0.25, 0.3) is 0 Å². The highest BCUT2D eigenvalue weighted by Gasteiger charge is 2.24. The number of carboxylic acids is 1. The van der Waals surface area contributed by atoms with Crippen molar-refractivity contribution in [1.82, 2.24) is 10.2 Å². The van der Waals surface area contributed by atoms with Crippen LogP contribution in [0.25, 0.3) is 0 Å². The van der Waals surface area contributed by atoms with Crippen LogP contribution in [0, 0.1) is 5.92 Å². The van der Waals surface area contributed by atoms with Crippen molar-refractivity contribution >= 4 is 12.0 Å². The number of carboxylic acid groups (broad SMARTS) is 1. The van der Waals surface area contributed by atoms with Crippen LogP contribution in [0.5, 0.6) is 5.75 Å². The number of hydrogen-bond acceptors (Lipinski definition) is 3. The van der Waals surface area contributed by atoms with Crippen LogP contribution in [0.3, 0.4) is 0 Å². The predicted molar refractivity (Wildman–Crippen MR) is 79.3 cm³/mol. The third-order valence-corrected chi connectivity index (χ3v) is 3.11. The number of aliphatic carboxylic acids is 1. The minimum Gasteiger partial charge on any atom is -0.497 e. The average Bonchev–Trinajstić information content (AvgIpc) is 2.43. The predicted octanol–water partition coefficient (Wildman–Crippen LogP) is 1.95. The Kier molecular flexibility index (Phi) is 6.02. The molecule has 21 heavy (non-hydrogen) atoms. The molecule has 2 N–H and O–H groups in total. The standard InChI is InChI=1S/C15H22N2O4/c1-10(2)13(14(18)19)16-15(20)17(3)9-11-6-5-7-12(8-11)21-4/h5-8,10,13H,9H2,1-4H3,(H,16,20)(H,18,19)/t13-/m0/s1. The van der Waals surface area contributed by atoms with Gasteiger partial charge in [-0.15, -0.1) is 0 Å². The van der Waals surface area contributed by atoms with Crippen molar-refractivity contribution in [3.63, 3.8) is 0 Å². The second-order valence-electron chi connectivity index (χ2n) is 5.22. The molecule has 0 radical (unpaired) electrons. The fourth-order valence-electron chi connectivity index (χ4n) is 1.87. The minimum atomic E-state index is -1.03. The number of hydrogen-bond donors (Lipinski definition) is 2. The smallest absolute Gasteiger partial charge is 0.326 e. The zero-order valence-electron chi connectivity index (χ0n) is 12.8. The van der Waals surface area contributed by atoms with Gasteiger partial charge in [-0.05, 0) is 23.6 Å². The zero-order chi connectivity index (χ0) is 16.0. The maximum Gasteiger partial charge on any atom is 0.326 e. The molecule has 0 aliphatic carbocycles. The first-order chi connectivity index (χ1) is 9.85. The Morgan fingerprint density at radius 1 is 1.38 bits per heavy atom. The van der Waals surface area contributed by atoms with Crippen LogP contribution in [-0.2, 0) is 11.3 Å². The van der Waals surface area contributed by atoms with Gasteiger partial charge >= 0.3 is 12.0 Å². The molecular formula is C15H22N2O4. The van der Waals surface area contributed by atoms with E-state index in [2.05, 4.69) is 5.32 Å². The third-order valence-electron chi connectivity index (χ3n) is 3.11. The molecule has 0 spiro atoms. The van der Waals surface area contributed by atoms with Gasteiger partial charge in [0.1, 0.15) is 11.8 Å². The molecule has 0 unspecified atom stereocenters. The van der Waals surface area contributed by atoms with Crippen LogP contribution in [0.2, 0.25) is 0 Å². The Hall–Kier alpha value is -2.24. The molecule has 1 atom stereocenters. The summed E-state index contributed by atoms with van der Waals surface area (Å²) in [6.45, 7) is 3.87. The Morgan fingerprint density at radius 2 is 2.05 bits per heavy atom. The topological polar surface area (TPSA) is 78.9 Å². The van der Waals surface area contributed by atoms with Gasteiger partial charge in [-0.2, -0.15) is 0 Å². The number of nitrogens with one attached hydrogen (secondary N) is 1. The van der Waals surface area contributed by atoms with Crippen molar-refractivity contribution in [3.05, 3.63) is 29.8 Å². The summed E-state index contributed by atoms with van der Waals surface area (Å²) in [7, 11) is 3.20. The van der Waals surface area contributed by atoms with Gasteiger partial charge in [0.05, 0.1) is 7.11 Å². The molecule has 1 aromatic carbocycles. The van der Waals surface area contributed by atoms with Crippen molar-refractivity contribution in [2.45, 2.75) is 26.4 Å². The normalized spacial score (nSPS) is 11.9. The Labute approximate surface area is 124 Å². The van der Waals surface area contributed by atoms with Gasteiger partial charge in [0.2, 0.25) is 0 Å². The largest absolute Gasteiger partial charge is 0.497 e. The summed E-state index contributed by atoms with van der Waals surface area (Å²) < 4.78 is 5.13. The van der Waals surface area contributed by atoms with E-state index in [4.69, 9.17) is 9.84 Å². The van der Waals surface area contributed by atoms with Crippen molar-refractivity contribution in [2.24, 2.45) is 5.92 Å². The molecule has 6 heteroatoms. The van der Waals surface area contributed by atoms with E-state index in [1.54, 1.807) is 28.0 Å². The molecule has 6 nitrogen and oxygen atoms in total. The molecule has 0 saturated carbocycles. The number of methoxy groups -OCH3 is 1. The van der Waals surface area contributed by atoms with Gasteiger partial charge in [-0.3, -0.25) is 0 Å². The first-order valence-corrected chi connectivity index (χ1v) is 6.72. The van der Waals surface area contributed by atoms with E-state index < -0.39 is 18.0 Å². The molecule has 0 aliphatic heterocycles. The molecule has 0 aromatic heterocycles. The van der Waals surface area contributed by atoms with Crippen LogP contribution in [0.15, 0.2) is 24.3 Å². The number of carbonyl (C=O) groups excluding carboxylic acids is 1. The lowest BCUT2D eigenvalue weighted by atomic mass is 10.1. The van der Waals surface area contributed by atoms with Crippen LogP contribution >= 0.6 is 0 Å². The minimum absolute atomic E-state index is 0.184. The molecule has 2 amide bonds. The molecule has 116 valence electrons. The molecule has 0 aliphatic rings. The Balaban J connectivity index is 2.67. The monoisotopic (exact) mass is 294 g/mol. The summed E-state index contributed by atoms with van der Waals surface area (Å²) in [5, 5.41) is 11.6. The molecular weight excluding hydrogens is 272 g/mol. The number of carbonyl (C=O) groups is 2. The van der Waals surface area contributed by atoms with Crippen LogP contribution in [0.1, 0.15) is 19.4 Å². The molecule has 0 heterocycles. The second-order valence-corrected chi connectivity index (χ2v) is 5.22. The lowest BCUT2D eigenvalue weighted by molar-refractivity contribution is -0.140. The van der Waals surface area contributed by atoms with E-state index in [-0.39, 0.29) is 5.92 Å². The van der Waals surface area contributed by atoms with E-state index >= 15 is 0 Å². The summed E-state index contributed by atoms with van der Waals surface area (Å²) in [6, 6.07) is 6.06. The van der Waals surface area contributed by atoms with E-state index in [0.29, 0.717) is 12.3 Å². The number of ether oxygens (including phenoxy) is 1. The third kappa shape index (κ3) is 4.98. The molecule has 0 fully saturated rings. The highest BCUT2D eigenvalue weighted by molar-refractivity contribution is 5.82. The van der Waals surface area contributed by atoms with Gasteiger partial charge < -0.3 is 20.1 Å². The van der Waals surface area contributed by atoms with Crippen molar-refractivity contribution in [2.75, 3.05) is 14.2 Å². The number of rotatable bonds is 6. The van der Waals surface area contributed by atoms with Crippen LogP contribution in [0.4, 0.5) is 4.79 Å². The fourth-order valence-corrected chi connectivity index (χ4v) is 1.87. The summed E-state index contributed by atoms with van der Waals surface area (Å²) >= 11 is 0. The lowest BCUT2D eigenvalue weighted by Gasteiger charge is -2.23. The number of nitrogens with zero attached hydrogens (tertiary/aromatic N) is 1. The SMILES string of the molecule is COc1cccc(CN(C)C(=O)N[C@H](C(=O)O)C(C)C)c1. The van der Waals surface area contributed by atoms with Gasteiger partial charge in [-0.1, -0.05) is 26.0 Å². The highest BCUT2D eigenvalue weighted by atomic mass is 16.5. The average molecular weight is 294 g/mol. The van der Waals surface area contributed by atoms with E-state index in [0.717, 1.165) is 5.56 Å². The second kappa shape index (κ2) is 7.52. The summed E-state index contributed by atoms with van der Waals surface area (Å²) in [4.78, 5) is 24.6. The van der Waals surface area contributed by atoms with Crippen LogP contribution in [-0.4, -0.2) is 42.2 Å². The maximum atomic E-state index is 12.0.